The summed E-state index contributed by atoms with van der Waals surface area (Å²) in [5.74, 6) is -0.262. The Bertz CT molecular complexity index is 957. The van der Waals surface area contributed by atoms with Gasteiger partial charge in [0.05, 0.1) is 0 Å². The van der Waals surface area contributed by atoms with Gasteiger partial charge in [0.2, 0.25) is 5.16 Å². The maximum Gasteiger partial charge on any atom is 0.342 e. The molecule has 3 aromatic rings. The predicted octanol–water partition coefficient (Wildman–Crippen LogP) is 3.99. The molecule has 0 radical (unpaired) electrons. The number of aliphatic carboxylic acids is 1. The summed E-state index contributed by atoms with van der Waals surface area (Å²) in [6.07, 6.45) is 2.40. The summed E-state index contributed by atoms with van der Waals surface area (Å²) in [5.41, 5.74) is 3.94. The van der Waals surface area contributed by atoms with Gasteiger partial charge in [-0.15, -0.1) is 5.10 Å². The fourth-order valence-electron chi connectivity index (χ4n) is 2.76. The minimum atomic E-state index is -0.998. The Labute approximate surface area is 156 Å². The summed E-state index contributed by atoms with van der Waals surface area (Å²) < 4.78 is 2.11. The van der Waals surface area contributed by atoms with Gasteiger partial charge in [0.15, 0.2) is 0 Å². The number of hydrogen-bond acceptors (Lipinski definition) is 4. The second-order valence-corrected chi connectivity index (χ2v) is 6.84. The highest BCUT2D eigenvalue weighted by Gasteiger charge is 2.16. The molecule has 0 bridgehead atoms. The molecule has 0 fully saturated rings. The van der Waals surface area contributed by atoms with Crippen molar-refractivity contribution in [1.29, 1.82) is 0 Å². The van der Waals surface area contributed by atoms with Gasteiger partial charge in [0.1, 0.15) is 10.7 Å². The number of benzene rings is 1. The molecular weight excluding hydrogens is 348 g/mol. The van der Waals surface area contributed by atoms with Crippen LogP contribution in [0.25, 0.3) is 11.8 Å². The van der Waals surface area contributed by atoms with Gasteiger partial charge in [-0.1, -0.05) is 25.1 Å². The molecule has 0 aliphatic rings. The second kappa shape index (κ2) is 7.61. The third kappa shape index (κ3) is 3.72. The van der Waals surface area contributed by atoms with Crippen LogP contribution in [0.3, 0.4) is 0 Å². The van der Waals surface area contributed by atoms with Crippen LogP contribution in [0.1, 0.15) is 29.7 Å². The van der Waals surface area contributed by atoms with E-state index in [2.05, 4.69) is 19.7 Å². The molecule has 2 heterocycles. The summed E-state index contributed by atoms with van der Waals surface area (Å²) in [4.78, 5) is 16.1. The lowest BCUT2D eigenvalue weighted by atomic mass is 10.2. The lowest BCUT2D eigenvalue weighted by Gasteiger charge is -2.09. The fraction of sp³-hybridized carbons (Fsp3) is 0.211. The van der Waals surface area contributed by atoms with Crippen LogP contribution in [0.5, 0.6) is 0 Å². The van der Waals surface area contributed by atoms with Crippen molar-refractivity contribution in [2.45, 2.75) is 32.3 Å². The van der Waals surface area contributed by atoms with Crippen LogP contribution in [-0.2, 0) is 11.2 Å². The van der Waals surface area contributed by atoms with Crippen molar-refractivity contribution in [2.75, 3.05) is 0 Å². The molecule has 0 aliphatic heterocycles. The van der Waals surface area contributed by atoms with E-state index in [1.54, 1.807) is 6.08 Å². The number of aromatic nitrogens is 4. The van der Waals surface area contributed by atoms with Crippen molar-refractivity contribution in [3.05, 3.63) is 64.1 Å². The second-order valence-electron chi connectivity index (χ2n) is 5.83. The molecule has 0 saturated carbocycles. The zero-order valence-electron chi connectivity index (χ0n) is 14.9. The minimum absolute atomic E-state index is 0.181. The normalized spacial score (nSPS) is 11.7. The number of carboxylic acid groups (broad SMARTS) is 1. The van der Waals surface area contributed by atoms with Crippen molar-refractivity contribution >= 4 is 23.8 Å². The van der Waals surface area contributed by atoms with Gasteiger partial charge in [-0.05, 0) is 55.4 Å². The van der Waals surface area contributed by atoms with Crippen LogP contribution >= 0.6 is 11.8 Å². The number of aromatic amines is 1. The van der Waals surface area contributed by atoms with Crippen LogP contribution < -0.4 is 0 Å². The Balaban J connectivity index is 1.97. The van der Waals surface area contributed by atoms with E-state index in [9.17, 15) is 9.90 Å². The van der Waals surface area contributed by atoms with E-state index in [1.165, 1.54) is 0 Å². The smallest absolute Gasteiger partial charge is 0.342 e. The average Bonchev–Trinajstić information content (AvgIpc) is 3.19. The number of thioether (sulfide) groups is 1. The molecule has 0 spiro atoms. The molecular formula is C19H20N4O2S. The zero-order valence-corrected chi connectivity index (χ0v) is 15.7. The van der Waals surface area contributed by atoms with Crippen LogP contribution in [0, 0.1) is 13.8 Å². The molecule has 0 atom stereocenters. The van der Waals surface area contributed by atoms with Gasteiger partial charge in [-0.25, -0.2) is 9.78 Å². The molecule has 1 aromatic carbocycles. The van der Waals surface area contributed by atoms with E-state index in [0.717, 1.165) is 46.6 Å². The van der Waals surface area contributed by atoms with Crippen molar-refractivity contribution < 1.29 is 9.90 Å². The molecule has 2 N–H and O–H groups in total. The van der Waals surface area contributed by atoms with Gasteiger partial charge < -0.3 is 9.67 Å². The van der Waals surface area contributed by atoms with Crippen molar-refractivity contribution in [3.8, 4) is 5.69 Å². The standard InChI is InChI=1S/C19H20N4O2S/c1-4-17-20-19(22-21-17)26-16(18(24)25)11-14-10-12(2)23(13(14)3)15-8-6-5-7-9-15/h5-11H,4H2,1-3H3,(H,24,25)(H,20,21,22)/b16-11-. The van der Waals surface area contributed by atoms with E-state index in [1.807, 2.05) is 57.2 Å². The van der Waals surface area contributed by atoms with Crippen LogP contribution in [0.2, 0.25) is 0 Å². The molecule has 0 saturated heterocycles. The van der Waals surface area contributed by atoms with Crippen LogP contribution in [-0.4, -0.2) is 30.8 Å². The number of hydrogen-bond donors (Lipinski definition) is 2. The first kappa shape index (κ1) is 18.0. The lowest BCUT2D eigenvalue weighted by Crippen LogP contribution is -1.99. The van der Waals surface area contributed by atoms with E-state index in [4.69, 9.17) is 0 Å². The summed E-state index contributed by atoms with van der Waals surface area (Å²) in [5, 5.41) is 16.9. The van der Waals surface area contributed by atoms with Crippen molar-refractivity contribution in [2.24, 2.45) is 0 Å². The Morgan fingerprint density at radius 3 is 2.65 bits per heavy atom. The molecule has 26 heavy (non-hydrogen) atoms. The minimum Gasteiger partial charge on any atom is -0.477 e. The van der Waals surface area contributed by atoms with Crippen molar-refractivity contribution in [1.82, 2.24) is 19.7 Å². The lowest BCUT2D eigenvalue weighted by molar-refractivity contribution is -0.131. The first-order valence-corrected chi connectivity index (χ1v) is 9.09. The summed E-state index contributed by atoms with van der Waals surface area (Å²) in [7, 11) is 0. The number of carboxylic acids is 1. The summed E-state index contributed by atoms with van der Waals surface area (Å²) in [6.45, 7) is 5.95. The highest BCUT2D eigenvalue weighted by Crippen LogP contribution is 2.29. The Kier molecular flexibility index (Phi) is 5.27. The number of para-hydroxylation sites is 1. The highest BCUT2D eigenvalue weighted by atomic mass is 32.2. The fourth-order valence-corrected chi connectivity index (χ4v) is 3.48. The SMILES string of the molecule is CCc1nc(S/C(=C\c2cc(C)n(-c3ccccc3)c2C)C(=O)O)n[nH]1. The maximum absolute atomic E-state index is 11.7. The third-order valence-electron chi connectivity index (χ3n) is 4.03. The Morgan fingerprint density at radius 1 is 1.31 bits per heavy atom. The molecule has 3 rings (SSSR count). The average molecular weight is 368 g/mol. The number of nitrogens with one attached hydrogen (secondary N) is 1. The first-order chi connectivity index (χ1) is 12.5. The molecule has 134 valence electrons. The quantitative estimate of drug-likeness (QED) is 0.508. The molecule has 0 unspecified atom stereocenters. The number of carbonyl (C=O) groups is 1. The van der Waals surface area contributed by atoms with Gasteiger partial charge in [0.25, 0.3) is 0 Å². The molecule has 2 aromatic heterocycles. The van der Waals surface area contributed by atoms with Gasteiger partial charge in [0, 0.05) is 23.5 Å². The zero-order chi connectivity index (χ0) is 18.7. The van der Waals surface area contributed by atoms with Crippen LogP contribution in [0.4, 0.5) is 0 Å². The monoisotopic (exact) mass is 368 g/mol. The predicted molar refractivity (Wildman–Crippen MR) is 102 cm³/mol. The highest BCUT2D eigenvalue weighted by molar-refractivity contribution is 8.04. The number of H-pyrrole nitrogens is 1. The molecule has 0 amide bonds. The van der Waals surface area contributed by atoms with E-state index >= 15 is 0 Å². The van der Waals surface area contributed by atoms with Crippen LogP contribution in [0.15, 0.2) is 46.5 Å². The summed E-state index contributed by atoms with van der Waals surface area (Å²) in [6, 6.07) is 12.0. The largest absolute Gasteiger partial charge is 0.477 e. The van der Waals surface area contributed by atoms with E-state index < -0.39 is 5.97 Å². The van der Waals surface area contributed by atoms with Gasteiger partial charge in [-0.2, -0.15) is 0 Å². The van der Waals surface area contributed by atoms with Gasteiger partial charge >= 0.3 is 5.97 Å². The summed E-state index contributed by atoms with van der Waals surface area (Å²) >= 11 is 1.05. The topological polar surface area (TPSA) is 83.8 Å². The molecule has 6 nitrogen and oxygen atoms in total. The molecule has 0 aliphatic carbocycles. The van der Waals surface area contributed by atoms with Crippen molar-refractivity contribution in [3.63, 3.8) is 0 Å². The number of aryl methyl sites for hydroxylation is 2. The third-order valence-corrected chi connectivity index (χ3v) is 4.91. The number of rotatable bonds is 6. The number of nitrogens with zero attached hydrogens (tertiary/aromatic N) is 3. The first-order valence-electron chi connectivity index (χ1n) is 8.28. The van der Waals surface area contributed by atoms with Gasteiger partial charge in [-0.3, -0.25) is 5.10 Å². The molecule has 7 heteroatoms. The maximum atomic E-state index is 11.7. The van der Waals surface area contributed by atoms with E-state index in [-0.39, 0.29) is 4.91 Å². The van der Waals surface area contributed by atoms with E-state index in [0.29, 0.717) is 5.16 Å². The Hall–Kier alpha value is -2.80. The Morgan fingerprint density at radius 2 is 2.04 bits per heavy atom.